The third-order valence-electron chi connectivity index (χ3n) is 2.18. The number of hydrogen-bond donors (Lipinski definition) is 1. The lowest BCUT2D eigenvalue weighted by atomic mass is 10.3. The molecular formula is C12H18BrNOS. The summed E-state index contributed by atoms with van der Waals surface area (Å²) in [6.07, 6.45) is 2.80. The lowest BCUT2D eigenvalue weighted by Gasteiger charge is -2.11. The second-order valence-corrected chi connectivity index (χ2v) is 6.00. The highest BCUT2D eigenvalue weighted by atomic mass is 79.9. The molecule has 0 saturated heterocycles. The van der Waals surface area contributed by atoms with E-state index in [-0.39, 0.29) is 0 Å². The molecule has 4 heteroatoms. The van der Waals surface area contributed by atoms with Gasteiger partial charge < -0.3 is 10.1 Å². The first-order chi connectivity index (χ1) is 7.74. The molecule has 1 heterocycles. The highest BCUT2D eigenvalue weighted by Gasteiger charge is 2.06. The second-order valence-electron chi connectivity index (χ2n) is 3.51. The molecule has 0 radical (unpaired) electrons. The van der Waals surface area contributed by atoms with Crippen LogP contribution in [0.25, 0.3) is 0 Å². The SMILES string of the molecule is C=CCCOCCNC(C)c1ccc(Br)s1. The second kappa shape index (κ2) is 8.01. The zero-order chi connectivity index (χ0) is 11.8. The molecule has 16 heavy (non-hydrogen) atoms. The van der Waals surface area contributed by atoms with Crippen LogP contribution in [0, 0.1) is 0 Å². The predicted octanol–water partition coefficient (Wildman–Crippen LogP) is 3.75. The molecule has 1 atom stereocenters. The molecule has 1 N–H and O–H groups in total. The van der Waals surface area contributed by atoms with Gasteiger partial charge in [-0.1, -0.05) is 6.08 Å². The normalized spacial score (nSPS) is 12.6. The quantitative estimate of drug-likeness (QED) is 0.583. The zero-order valence-electron chi connectivity index (χ0n) is 9.54. The van der Waals surface area contributed by atoms with Crippen LogP contribution in [0.15, 0.2) is 28.6 Å². The fourth-order valence-corrected chi connectivity index (χ4v) is 2.73. The highest BCUT2D eigenvalue weighted by molar-refractivity contribution is 9.11. The first-order valence-electron chi connectivity index (χ1n) is 5.41. The summed E-state index contributed by atoms with van der Waals surface area (Å²) < 4.78 is 6.60. The van der Waals surface area contributed by atoms with Crippen LogP contribution in [-0.2, 0) is 4.74 Å². The van der Waals surface area contributed by atoms with Gasteiger partial charge >= 0.3 is 0 Å². The molecular weight excluding hydrogens is 286 g/mol. The molecule has 0 amide bonds. The van der Waals surface area contributed by atoms with Gasteiger partial charge in [-0.2, -0.15) is 0 Å². The Balaban J connectivity index is 2.11. The minimum atomic E-state index is 0.388. The molecule has 0 saturated carbocycles. The van der Waals surface area contributed by atoms with E-state index in [4.69, 9.17) is 4.74 Å². The van der Waals surface area contributed by atoms with E-state index in [0.29, 0.717) is 6.04 Å². The molecule has 1 aromatic rings. The standard InChI is InChI=1S/C12H18BrNOS/c1-3-4-8-15-9-7-14-10(2)11-5-6-12(13)16-11/h3,5-6,10,14H,1,4,7-9H2,2H3. The molecule has 0 aliphatic rings. The van der Waals surface area contributed by atoms with Gasteiger partial charge in [-0.05, 0) is 41.4 Å². The van der Waals surface area contributed by atoms with Gasteiger partial charge in [-0.15, -0.1) is 17.9 Å². The molecule has 0 fully saturated rings. The largest absolute Gasteiger partial charge is 0.380 e. The van der Waals surface area contributed by atoms with Crippen molar-refractivity contribution >= 4 is 27.3 Å². The van der Waals surface area contributed by atoms with Crippen molar-refractivity contribution in [2.24, 2.45) is 0 Å². The molecule has 90 valence electrons. The monoisotopic (exact) mass is 303 g/mol. The Morgan fingerprint density at radius 3 is 3.00 bits per heavy atom. The molecule has 0 aliphatic heterocycles. The maximum absolute atomic E-state index is 5.43. The zero-order valence-corrected chi connectivity index (χ0v) is 11.9. The highest BCUT2D eigenvalue weighted by Crippen LogP contribution is 2.26. The number of halogens is 1. The molecule has 1 rings (SSSR count). The Morgan fingerprint density at radius 1 is 1.56 bits per heavy atom. The third kappa shape index (κ3) is 5.25. The number of rotatable bonds is 8. The van der Waals surface area contributed by atoms with Crippen molar-refractivity contribution in [1.29, 1.82) is 0 Å². The average Bonchev–Trinajstić information content (AvgIpc) is 2.70. The summed E-state index contributed by atoms with van der Waals surface area (Å²) in [5.41, 5.74) is 0. The van der Waals surface area contributed by atoms with E-state index in [1.165, 1.54) is 8.66 Å². The van der Waals surface area contributed by atoms with Crippen LogP contribution < -0.4 is 5.32 Å². The number of nitrogens with one attached hydrogen (secondary N) is 1. The maximum Gasteiger partial charge on any atom is 0.0701 e. The molecule has 0 aliphatic carbocycles. The number of ether oxygens (including phenoxy) is 1. The van der Waals surface area contributed by atoms with Gasteiger partial charge in [-0.25, -0.2) is 0 Å². The fraction of sp³-hybridized carbons (Fsp3) is 0.500. The molecule has 0 aromatic carbocycles. The Morgan fingerprint density at radius 2 is 2.38 bits per heavy atom. The smallest absolute Gasteiger partial charge is 0.0701 e. The van der Waals surface area contributed by atoms with Gasteiger partial charge in [0.05, 0.1) is 17.0 Å². The summed E-state index contributed by atoms with van der Waals surface area (Å²) in [7, 11) is 0. The van der Waals surface area contributed by atoms with Crippen LogP contribution in [0.3, 0.4) is 0 Å². The Hall–Kier alpha value is -0.160. The third-order valence-corrected chi connectivity index (χ3v) is 3.99. The minimum absolute atomic E-state index is 0.388. The Bertz CT molecular complexity index is 314. The van der Waals surface area contributed by atoms with Crippen molar-refractivity contribution in [1.82, 2.24) is 5.32 Å². The van der Waals surface area contributed by atoms with E-state index in [1.54, 1.807) is 11.3 Å². The molecule has 0 spiro atoms. The summed E-state index contributed by atoms with van der Waals surface area (Å²) in [5, 5.41) is 3.43. The summed E-state index contributed by atoms with van der Waals surface area (Å²) in [6.45, 7) is 8.22. The summed E-state index contributed by atoms with van der Waals surface area (Å²) >= 11 is 5.24. The van der Waals surface area contributed by atoms with Crippen molar-refractivity contribution in [3.63, 3.8) is 0 Å². The van der Waals surface area contributed by atoms with Crippen molar-refractivity contribution < 1.29 is 4.74 Å². The molecule has 0 bridgehead atoms. The summed E-state index contributed by atoms with van der Waals surface area (Å²) in [6, 6.07) is 4.61. The van der Waals surface area contributed by atoms with Gasteiger partial charge in [0.2, 0.25) is 0 Å². The minimum Gasteiger partial charge on any atom is -0.380 e. The predicted molar refractivity (Wildman–Crippen MR) is 74.1 cm³/mol. The fourth-order valence-electron chi connectivity index (χ4n) is 1.28. The van der Waals surface area contributed by atoms with E-state index >= 15 is 0 Å². The number of thiophene rings is 1. The topological polar surface area (TPSA) is 21.3 Å². The average molecular weight is 304 g/mol. The first kappa shape index (κ1) is 13.9. The van der Waals surface area contributed by atoms with Gasteiger partial charge in [0.15, 0.2) is 0 Å². The summed E-state index contributed by atoms with van der Waals surface area (Å²) in [5.74, 6) is 0. The first-order valence-corrected chi connectivity index (χ1v) is 7.02. The van der Waals surface area contributed by atoms with E-state index in [9.17, 15) is 0 Å². The van der Waals surface area contributed by atoms with Gasteiger partial charge in [0.25, 0.3) is 0 Å². The van der Waals surface area contributed by atoms with Crippen LogP contribution in [-0.4, -0.2) is 19.8 Å². The van der Waals surface area contributed by atoms with E-state index in [0.717, 1.165) is 26.2 Å². The molecule has 1 aromatic heterocycles. The van der Waals surface area contributed by atoms with E-state index in [1.807, 2.05) is 6.08 Å². The van der Waals surface area contributed by atoms with E-state index in [2.05, 4.69) is 46.9 Å². The van der Waals surface area contributed by atoms with Gasteiger partial charge in [0, 0.05) is 17.5 Å². The molecule has 2 nitrogen and oxygen atoms in total. The lowest BCUT2D eigenvalue weighted by Crippen LogP contribution is -2.22. The van der Waals surface area contributed by atoms with Crippen LogP contribution in [0.1, 0.15) is 24.3 Å². The van der Waals surface area contributed by atoms with Crippen LogP contribution >= 0.6 is 27.3 Å². The van der Waals surface area contributed by atoms with Crippen LogP contribution in [0.5, 0.6) is 0 Å². The van der Waals surface area contributed by atoms with Crippen molar-refractivity contribution in [2.75, 3.05) is 19.8 Å². The molecule has 1 unspecified atom stereocenters. The maximum atomic E-state index is 5.43. The summed E-state index contributed by atoms with van der Waals surface area (Å²) in [4.78, 5) is 1.35. The van der Waals surface area contributed by atoms with Crippen LogP contribution in [0.4, 0.5) is 0 Å². The lowest BCUT2D eigenvalue weighted by molar-refractivity contribution is 0.139. The van der Waals surface area contributed by atoms with Gasteiger partial charge in [0.1, 0.15) is 0 Å². The van der Waals surface area contributed by atoms with E-state index < -0.39 is 0 Å². The number of hydrogen-bond acceptors (Lipinski definition) is 3. The Labute approximate surface area is 110 Å². The van der Waals surface area contributed by atoms with Crippen LogP contribution in [0.2, 0.25) is 0 Å². The Kier molecular flexibility index (Phi) is 6.96. The van der Waals surface area contributed by atoms with Crippen molar-refractivity contribution in [3.8, 4) is 0 Å². The van der Waals surface area contributed by atoms with Crippen molar-refractivity contribution in [3.05, 3.63) is 33.5 Å². The van der Waals surface area contributed by atoms with Gasteiger partial charge in [-0.3, -0.25) is 0 Å². The van der Waals surface area contributed by atoms with Crippen molar-refractivity contribution in [2.45, 2.75) is 19.4 Å².